The number of nitrogens with zero attached hydrogens (tertiary/aromatic N) is 1. The topological polar surface area (TPSA) is 63.3 Å². The Bertz CT molecular complexity index is 317. The van der Waals surface area contributed by atoms with Crippen LogP contribution in [0.4, 0.5) is 0 Å². The highest BCUT2D eigenvalue weighted by Crippen LogP contribution is 2.12. The second kappa shape index (κ2) is 4.79. The highest BCUT2D eigenvalue weighted by atomic mass is 16.4. The molecule has 0 unspecified atom stereocenters. The van der Waals surface area contributed by atoms with Crippen LogP contribution in [0.15, 0.2) is 4.42 Å². The standard InChI is InChI=1S/C10H15NO3/c1-3-4-5-9-11-8(6-10(12)13)7(2)14-9/h3-6H2,1-2H3,(H,12,13). The molecular weight excluding hydrogens is 182 g/mol. The van der Waals surface area contributed by atoms with Gasteiger partial charge in [-0.2, -0.15) is 0 Å². The fourth-order valence-electron chi connectivity index (χ4n) is 1.23. The molecule has 0 saturated carbocycles. The molecule has 0 radical (unpaired) electrons. The van der Waals surface area contributed by atoms with Crippen LogP contribution in [-0.4, -0.2) is 16.1 Å². The average molecular weight is 197 g/mol. The molecule has 0 aliphatic heterocycles. The minimum atomic E-state index is -0.872. The Balaban J connectivity index is 2.66. The number of aliphatic carboxylic acids is 1. The van der Waals surface area contributed by atoms with Crippen molar-refractivity contribution < 1.29 is 14.3 Å². The van der Waals surface area contributed by atoms with Crippen molar-refractivity contribution in [2.24, 2.45) is 0 Å². The summed E-state index contributed by atoms with van der Waals surface area (Å²) in [6.07, 6.45) is 2.83. The fourth-order valence-corrected chi connectivity index (χ4v) is 1.23. The van der Waals surface area contributed by atoms with Gasteiger partial charge in [-0.1, -0.05) is 13.3 Å². The van der Waals surface area contributed by atoms with E-state index in [9.17, 15) is 4.79 Å². The van der Waals surface area contributed by atoms with Gasteiger partial charge in [0.25, 0.3) is 0 Å². The second-order valence-corrected chi connectivity index (χ2v) is 3.28. The van der Waals surface area contributed by atoms with Gasteiger partial charge in [0.1, 0.15) is 5.76 Å². The van der Waals surface area contributed by atoms with Gasteiger partial charge in [0, 0.05) is 6.42 Å². The zero-order valence-corrected chi connectivity index (χ0v) is 8.54. The first-order valence-electron chi connectivity index (χ1n) is 4.80. The van der Waals surface area contributed by atoms with Crippen LogP contribution in [-0.2, 0) is 17.6 Å². The molecule has 0 fully saturated rings. The van der Waals surface area contributed by atoms with Crippen molar-refractivity contribution in [3.05, 3.63) is 17.3 Å². The molecule has 0 aliphatic rings. The van der Waals surface area contributed by atoms with E-state index in [4.69, 9.17) is 9.52 Å². The number of carbonyl (C=O) groups is 1. The van der Waals surface area contributed by atoms with Crippen molar-refractivity contribution in [2.75, 3.05) is 0 Å². The Morgan fingerprint density at radius 1 is 1.57 bits per heavy atom. The maximum atomic E-state index is 10.5. The summed E-state index contributed by atoms with van der Waals surface area (Å²) in [5.41, 5.74) is 0.545. The van der Waals surface area contributed by atoms with Crippen molar-refractivity contribution in [1.29, 1.82) is 0 Å². The van der Waals surface area contributed by atoms with Gasteiger partial charge in [0.2, 0.25) is 0 Å². The van der Waals surface area contributed by atoms with E-state index < -0.39 is 5.97 Å². The summed E-state index contributed by atoms with van der Waals surface area (Å²) in [6, 6.07) is 0. The lowest BCUT2D eigenvalue weighted by Crippen LogP contribution is -2.01. The molecule has 1 aromatic rings. The third-order valence-corrected chi connectivity index (χ3v) is 2.00. The normalized spacial score (nSPS) is 10.4. The Morgan fingerprint density at radius 3 is 2.86 bits per heavy atom. The van der Waals surface area contributed by atoms with Crippen LogP contribution in [0.1, 0.15) is 37.1 Å². The summed E-state index contributed by atoms with van der Waals surface area (Å²) in [5.74, 6) is 0.405. The van der Waals surface area contributed by atoms with Gasteiger partial charge in [0.15, 0.2) is 5.89 Å². The third kappa shape index (κ3) is 2.87. The summed E-state index contributed by atoms with van der Waals surface area (Å²) in [4.78, 5) is 14.6. The molecule has 0 aliphatic carbocycles. The van der Waals surface area contributed by atoms with Crippen molar-refractivity contribution >= 4 is 5.97 Å². The lowest BCUT2D eigenvalue weighted by atomic mass is 10.2. The van der Waals surface area contributed by atoms with Crippen LogP contribution in [0.25, 0.3) is 0 Å². The number of unbranched alkanes of at least 4 members (excludes halogenated alkanes) is 1. The number of oxazole rings is 1. The number of carboxylic acid groups (broad SMARTS) is 1. The molecule has 1 aromatic heterocycles. The molecule has 14 heavy (non-hydrogen) atoms. The number of aromatic nitrogens is 1. The molecule has 0 bridgehead atoms. The Labute approximate surface area is 83.0 Å². The van der Waals surface area contributed by atoms with Crippen LogP contribution in [0.3, 0.4) is 0 Å². The van der Waals surface area contributed by atoms with E-state index in [1.807, 2.05) is 0 Å². The minimum Gasteiger partial charge on any atom is -0.481 e. The lowest BCUT2D eigenvalue weighted by molar-refractivity contribution is -0.136. The number of hydrogen-bond donors (Lipinski definition) is 1. The van der Waals surface area contributed by atoms with Crippen LogP contribution < -0.4 is 0 Å². The molecule has 4 heteroatoms. The number of hydrogen-bond acceptors (Lipinski definition) is 3. The maximum Gasteiger partial charge on any atom is 0.309 e. The first-order valence-corrected chi connectivity index (χ1v) is 4.80. The second-order valence-electron chi connectivity index (χ2n) is 3.28. The molecule has 1 heterocycles. The molecule has 1 N–H and O–H groups in total. The number of aryl methyl sites for hydroxylation is 2. The fraction of sp³-hybridized carbons (Fsp3) is 0.600. The molecule has 78 valence electrons. The van der Waals surface area contributed by atoms with Gasteiger partial charge < -0.3 is 9.52 Å². The Hall–Kier alpha value is -1.32. The highest BCUT2D eigenvalue weighted by Gasteiger charge is 2.11. The van der Waals surface area contributed by atoms with Crippen LogP contribution in [0.5, 0.6) is 0 Å². The maximum absolute atomic E-state index is 10.5. The molecule has 0 aromatic carbocycles. The first-order chi connectivity index (χ1) is 6.63. The summed E-state index contributed by atoms with van der Waals surface area (Å²) in [7, 11) is 0. The smallest absolute Gasteiger partial charge is 0.309 e. The molecule has 0 atom stereocenters. The predicted octanol–water partition coefficient (Wildman–Crippen LogP) is 1.95. The molecule has 0 saturated heterocycles. The highest BCUT2D eigenvalue weighted by molar-refractivity contribution is 5.69. The van der Waals surface area contributed by atoms with Gasteiger partial charge in [-0.3, -0.25) is 4.79 Å². The Kier molecular flexibility index (Phi) is 3.68. The number of rotatable bonds is 5. The van der Waals surface area contributed by atoms with Crippen molar-refractivity contribution in [1.82, 2.24) is 4.98 Å². The Morgan fingerprint density at radius 2 is 2.29 bits per heavy atom. The van der Waals surface area contributed by atoms with E-state index >= 15 is 0 Å². The van der Waals surface area contributed by atoms with Crippen LogP contribution in [0.2, 0.25) is 0 Å². The summed E-state index contributed by atoms with van der Waals surface area (Å²) in [6.45, 7) is 3.84. The van der Waals surface area contributed by atoms with Gasteiger partial charge in [-0.25, -0.2) is 4.98 Å². The SMILES string of the molecule is CCCCc1nc(CC(=O)O)c(C)o1. The van der Waals surface area contributed by atoms with Gasteiger partial charge in [-0.05, 0) is 13.3 Å². The van der Waals surface area contributed by atoms with Crippen molar-refractivity contribution in [3.63, 3.8) is 0 Å². The van der Waals surface area contributed by atoms with E-state index in [2.05, 4.69) is 11.9 Å². The quantitative estimate of drug-likeness (QED) is 0.783. The first kappa shape index (κ1) is 10.8. The average Bonchev–Trinajstić information content (AvgIpc) is 2.43. The third-order valence-electron chi connectivity index (χ3n) is 2.00. The van der Waals surface area contributed by atoms with Crippen molar-refractivity contribution in [2.45, 2.75) is 39.5 Å². The molecule has 0 amide bonds. The molecule has 0 spiro atoms. The van der Waals surface area contributed by atoms with Crippen LogP contribution >= 0.6 is 0 Å². The van der Waals surface area contributed by atoms with Gasteiger partial charge in [-0.15, -0.1) is 0 Å². The van der Waals surface area contributed by atoms with E-state index in [-0.39, 0.29) is 6.42 Å². The van der Waals surface area contributed by atoms with E-state index in [0.717, 1.165) is 19.3 Å². The minimum absolute atomic E-state index is 0.0541. The summed E-state index contributed by atoms with van der Waals surface area (Å²) >= 11 is 0. The predicted molar refractivity (Wildman–Crippen MR) is 51.2 cm³/mol. The molecule has 1 rings (SSSR count). The summed E-state index contributed by atoms with van der Waals surface area (Å²) < 4.78 is 5.34. The van der Waals surface area contributed by atoms with E-state index in [1.54, 1.807) is 6.92 Å². The number of carboxylic acids is 1. The van der Waals surface area contributed by atoms with Crippen molar-refractivity contribution in [3.8, 4) is 0 Å². The van der Waals surface area contributed by atoms with Crippen LogP contribution in [0, 0.1) is 6.92 Å². The van der Waals surface area contributed by atoms with E-state index in [1.165, 1.54) is 0 Å². The zero-order valence-electron chi connectivity index (χ0n) is 8.54. The lowest BCUT2D eigenvalue weighted by Gasteiger charge is -1.89. The van der Waals surface area contributed by atoms with Gasteiger partial charge >= 0.3 is 5.97 Å². The zero-order chi connectivity index (χ0) is 10.6. The van der Waals surface area contributed by atoms with E-state index in [0.29, 0.717) is 17.3 Å². The largest absolute Gasteiger partial charge is 0.481 e. The monoisotopic (exact) mass is 197 g/mol. The summed E-state index contributed by atoms with van der Waals surface area (Å²) in [5, 5.41) is 8.60. The molecule has 4 nitrogen and oxygen atoms in total. The molecular formula is C10H15NO3. The van der Waals surface area contributed by atoms with Gasteiger partial charge in [0.05, 0.1) is 12.1 Å².